The smallest absolute Gasteiger partial charge is 0.416 e. The number of nitrogens with one attached hydrogen (secondary N) is 1. The molecule has 0 fully saturated rings. The van der Waals surface area contributed by atoms with E-state index in [9.17, 15) is 32.3 Å². The predicted octanol–water partition coefficient (Wildman–Crippen LogP) is 6.59. The molecular formula is C34H43F3N4O8S. The van der Waals surface area contributed by atoms with Crippen molar-refractivity contribution in [2.45, 2.75) is 111 Å². The normalized spacial score (nSPS) is 13.8. The molecule has 0 spiro atoms. The van der Waals surface area contributed by atoms with E-state index in [1.165, 1.54) is 18.3 Å². The summed E-state index contributed by atoms with van der Waals surface area (Å²) in [6.07, 6.45) is -2.53. The van der Waals surface area contributed by atoms with Crippen LogP contribution in [-0.2, 0) is 36.5 Å². The number of aryl methyl sites for hydroxylation is 1. The van der Waals surface area contributed by atoms with Crippen molar-refractivity contribution in [1.82, 2.24) is 14.9 Å². The molecule has 0 bridgehead atoms. The molecule has 2 atom stereocenters. The monoisotopic (exact) mass is 724 g/mol. The number of esters is 2. The van der Waals surface area contributed by atoms with Gasteiger partial charge in [-0.25, -0.2) is 9.59 Å². The molecule has 0 aliphatic heterocycles. The third kappa shape index (κ3) is 12.1. The summed E-state index contributed by atoms with van der Waals surface area (Å²) in [5.41, 5.74) is -2.57. The van der Waals surface area contributed by atoms with Gasteiger partial charge in [0.05, 0.1) is 34.0 Å². The van der Waals surface area contributed by atoms with Gasteiger partial charge >= 0.3 is 24.2 Å². The molecule has 0 unspecified atom stereocenters. The number of ether oxygens (including phenoxy) is 4. The quantitative estimate of drug-likeness (QED) is 0.161. The van der Waals surface area contributed by atoms with Crippen LogP contribution in [0.2, 0.25) is 0 Å². The van der Waals surface area contributed by atoms with Crippen molar-refractivity contribution in [2.75, 3.05) is 6.61 Å². The average Bonchev–Trinajstić information content (AvgIpc) is 3.32. The van der Waals surface area contributed by atoms with Crippen LogP contribution in [0.5, 0.6) is 5.75 Å². The van der Waals surface area contributed by atoms with Gasteiger partial charge in [-0.2, -0.15) is 18.2 Å². The Kier molecular flexibility index (Phi) is 13.2. The first-order chi connectivity index (χ1) is 23.2. The third-order valence-corrected chi connectivity index (χ3v) is 7.57. The van der Waals surface area contributed by atoms with Gasteiger partial charge in [0.2, 0.25) is 0 Å². The molecule has 12 nitrogen and oxygen atoms in total. The highest BCUT2D eigenvalue weighted by Gasteiger charge is 2.33. The van der Waals surface area contributed by atoms with E-state index in [4.69, 9.17) is 18.9 Å². The number of thiazole rings is 1. The van der Waals surface area contributed by atoms with Crippen LogP contribution in [0.1, 0.15) is 90.6 Å². The Bertz CT molecular complexity index is 1730. The number of amides is 2. The van der Waals surface area contributed by atoms with Gasteiger partial charge in [0.1, 0.15) is 35.7 Å². The van der Waals surface area contributed by atoms with Crippen LogP contribution < -0.4 is 14.9 Å². The Morgan fingerprint density at radius 3 is 2.32 bits per heavy atom. The summed E-state index contributed by atoms with van der Waals surface area (Å²) in [5, 5.41) is 2.32. The highest BCUT2D eigenvalue weighted by atomic mass is 32.1. The molecule has 0 radical (unpaired) electrons. The summed E-state index contributed by atoms with van der Waals surface area (Å²) in [4.78, 5) is 60.2. The van der Waals surface area contributed by atoms with Crippen LogP contribution in [0, 0.1) is 0 Å². The number of alkyl carbamates (subject to hydrolysis) is 1. The standard InChI is InChI=1S/C34H43F3N4O8S/c1-9-10-15-41-24-18-38-14-13-26(24)50-30(41)40-28(43)22-16-21(34(35,36)37)11-12-25(22)46-19-20(2)47-29(44)23(17-27(42)48-32(3,4)5)39-31(45)49-33(6,7)8/h11-14,16,18,20,23H,9-10,15,17,19H2,1-8H3,(H,39,45)/t20-,23-/m0/s1. The summed E-state index contributed by atoms with van der Waals surface area (Å²) >= 11 is 1.20. The van der Waals surface area contributed by atoms with Gasteiger partial charge < -0.3 is 28.8 Å². The number of fused-ring (bicyclic) bond motifs is 1. The molecular weight excluding hydrogens is 681 g/mol. The maximum absolute atomic E-state index is 13.7. The van der Waals surface area contributed by atoms with Gasteiger partial charge in [-0.15, -0.1) is 0 Å². The van der Waals surface area contributed by atoms with Crippen molar-refractivity contribution < 1.29 is 51.3 Å². The van der Waals surface area contributed by atoms with Crippen molar-refractivity contribution in [3.05, 3.63) is 52.6 Å². The highest BCUT2D eigenvalue weighted by molar-refractivity contribution is 7.16. The minimum Gasteiger partial charge on any atom is -0.489 e. The Hall–Kier alpha value is -4.47. The Balaban J connectivity index is 1.86. The topological polar surface area (TPSA) is 147 Å². The van der Waals surface area contributed by atoms with Crippen molar-refractivity contribution in [2.24, 2.45) is 4.99 Å². The number of benzene rings is 1. The second-order valence-corrected chi connectivity index (χ2v) is 14.4. The number of carbonyl (C=O) groups excluding carboxylic acids is 4. The number of alkyl halides is 3. The largest absolute Gasteiger partial charge is 0.489 e. The molecule has 2 amide bonds. The SMILES string of the molecule is CCCCn1c(=NC(=O)c2cc(C(F)(F)F)ccc2OC[C@H](C)OC(=O)[C@H](CC(=O)OC(C)(C)C)NC(=O)OC(C)(C)C)sc2ccncc21. The van der Waals surface area contributed by atoms with Gasteiger partial charge in [0.15, 0.2) is 4.80 Å². The van der Waals surface area contributed by atoms with Crippen molar-refractivity contribution >= 4 is 45.5 Å². The second kappa shape index (κ2) is 16.5. The van der Waals surface area contributed by atoms with Gasteiger partial charge in [-0.3, -0.25) is 14.6 Å². The van der Waals surface area contributed by atoms with E-state index in [2.05, 4.69) is 15.3 Å². The fourth-order valence-corrected chi connectivity index (χ4v) is 5.42. The van der Waals surface area contributed by atoms with Gasteiger partial charge in [0.25, 0.3) is 5.91 Å². The lowest BCUT2D eigenvalue weighted by molar-refractivity contribution is -0.161. The molecule has 0 saturated heterocycles. The summed E-state index contributed by atoms with van der Waals surface area (Å²) in [6.45, 7) is 13.3. The number of pyridine rings is 1. The number of hydrogen-bond acceptors (Lipinski definition) is 10. The molecule has 1 aromatic carbocycles. The number of halogens is 3. The first-order valence-electron chi connectivity index (χ1n) is 15.9. The van der Waals surface area contributed by atoms with E-state index in [0.717, 1.165) is 35.2 Å². The lowest BCUT2D eigenvalue weighted by Crippen LogP contribution is -2.47. The van der Waals surface area contributed by atoms with E-state index in [1.54, 1.807) is 64.6 Å². The molecule has 3 aromatic rings. The van der Waals surface area contributed by atoms with E-state index < -0.39 is 77.6 Å². The van der Waals surface area contributed by atoms with Gasteiger partial charge in [-0.05, 0) is 79.2 Å². The Labute approximate surface area is 292 Å². The zero-order chi connectivity index (χ0) is 37.4. The van der Waals surface area contributed by atoms with E-state index in [1.807, 2.05) is 6.92 Å². The number of aromatic nitrogens is 2. The molecule has 274 valence electrons. The van der Waals surface area contributed by atoms with E-state index in [-0.39, 0.29) is 10.6 Å². The molecule has 50 heavy (non-hydrogen) atoms. The predicted molar refractivity (Wildman–Crippen MR) is 179 cm³/mol. The van der Waals surface area contributed by atoms with Crippen LogP contribution in [0.3, 0.4) is 0 Å². The van der Waals surface area contributed by atoms with Crippen molar-refractivity contribution in [3.8, 4) is 5.75 Å². The second-order valence-electron chi connectivity index (χ2n) is 13.4. The Morgan fingerprint density at radius 1 is 1.02 bits per heavy atom. The fourth-order valence-electron chi connectivity index (χ4n) is 4.40. The van der Waals surface area contributed by atoms with Crippen LogP contribution in [0.15, 0.2) is 41.7 Å². The van der Waals surface area contributed by atoms with Crippen LogP contribution in [0.4, 0.5) is 18.0 Å². The number of rotatable bonds is 12. The van der Waals surface area contributed by atoms with Gasteiger partial charge in [0, 0.05) is 12.7 Å². The maximum Gasteiger partial charge on any atom is 0.416 e. The minimum atomic E-state index is -4.76. The van der Waals surface area contributed by atoms with Gasteiger partial charge in [-0.1, -0.05) is 24.7 Å². The zero-order valence-electron chi connectivity index (χ0n) is 29.3. The number of unbranched alkanes of at least 4 members (excludes halogenated alkanes) is 1. The average molecular weight is 725 g/mol. The van der Waals surface area contributed by atoms with Crippen molar-refractivity contribution in [1.29, 1.82) is 0 Å². The van der Waals surface area contributed by atoms with Crippen molar-refractivity contribution in [3.63, 3.8) is 0 Å². The lowest BCUT2D eigenvalue weighted by atomic mass is 10.1. The number of hydrogen-bond donors (Lipinski definition) is 1. The van der Waals surface area contributed by atoms with Crippen LogP contribution in [0.25, 0.3) is 10.2 Å². The zero-order valence-corrected chi connectivity index (χ0v) is 30.1. The highest BCUT2D eigenvalue weighted by Crippen LogP contribution is 2.33. The first kappa shape index (κ1) is 40.0. The molecule has 1 N–H and O–H groups in total. The molecule has 0 saturated carbocycles. The third-order valence-electron chi connectivity index (χ3n) is 6.51. The Morgan fingerprint density at radius 2 is 1.70 bits per heavy atom. The summed E-state index contributed by atoms with van der Waals surface area (Å²) in [6, 6.07) is 2.67. The molecule has 16 heteroatoms. The van der Waals surface area contributed by atoms with E-state index in [0.29, 0.717) is 12.6 Å². The number of nitrogens with zero attached hydrogens (tertiary/aromatic N) is 3. The molecule has 2 heterocycles. The lowest BCUT2D eigenvalue weighted by Gasteiger charge is -2.25. The summed E-state index contributed by atoms with van der Waals surface area (Å²) in [7, 11) is 0. The first-order valence-corrected chi connectivity index (χ1v) is 16.8. The fraction of sp³-hybridized carbons (Fsp3) is 0.529. The molecule has 3 rings (SSSR count). The minimum absolute atomic E-state index is 0.227. The summed E-state index contributed by atoms with van der Waals surface area (Å²) in [5.74, 6) is -3.01. The van der Waals surface area contributed by atoms with Crippen LogP contribution >= 0.6 is 11.3 Å². The maximum atomic E-state index is 13.7. The van der Waals surface area contributed by atoms with Crippen LogP contribution in [-0.4, -0.2) is 63.4 Å². The van der Waals surface area contributed by atoms with E-state index >= 15 is 0 Å². The summed E-state index contributed by atoms with van der Waals surface area (Å²) < 4.78 is 65.3. The molecule has 0 aliphatic rings. The molecule has 2 aromatic heterocycles. The molecule has 0 aliphatic carbocycles. The number of carbonyl (C=O) groups is 4.